The van der Waals surface area contributed by atoms with E-state index in [2.05, 4.69) is 79.4 Å². The van der Waals surface area contributed by atoms with E-state index in [-0.39, 0.29) is 0 Å². The lowest BCUT2D eigenvalue weighted by atomic mass is 10.1. The molecule has 2 heteroatoms. The summed E-state index contributed by atoms with van der Waals surface area (Å²) in [4.78, 5) is 6.88. The van der Waals surface area contributed by atoms with Crippen LogP contribution in [0.25, 0.3) is 23.1 Å². The molecule has 2 aromatic carbocycles. The summed E-state index contributed by atoms with van der Waals surface area (Å²) >= 11 is 0. The van der Waals surface area contributed by atoms with Crippen LogP contribution >= 0.6 is 0 Å². The van der Waals surface area contributed by atoms with Crippen LogP contribution in [0.1, 0.15) is 22.4 Å². The van der Waals surface area contributed by atoms with Gasteiger partial charge in [0, 0.05) is 25.2 Å². The van der Waals surface area contributed by atoms with E-state index in [9.17, 15) is 0 Å². The lowest BCUT2D eigenvalue weighted by Gasteiger charge is -2.11. The van der Waals surface area contributed by atoms with Crippen molar-refractivity contribution < 1.29 is 0 Å². The van der Waals surface area contributed by atoms with Gasteiger partial charge in [-0.3, -0.25) is 0 Å². The predicted molar refractivity (Wildman–Crippen MR) is 101 cm³/mol. The number of aromatic nitrogens is 1. The van der Waals surface area contributed by atoms with Crippen LogP contribution in [0.4, 0.5) is 5.69 Å². The van der Waals surface area contributed by atoms with E-state index in [0.717, 1.165) is 11.2 Å². The van der Waals surface area contributed by atoms with Gasteiger partial charge < -0.3 is 4.90 Å². The highest BCUT2D eigenvalue weighted by Gasteiger charge is 2.01. The molecule has 0 aliphatic heterocycles. The van der Waals surface area contributed by atoms with Gasteiger partial charge in [-0.25, -0.2) is 4.98 Å². The number of anilines is 1. The van der Waals surface area contributed by atoms with Crippen molar-refractivity contribution in [1.29, 1.82) is 0 Å². The molecule has 3 rings (SSSR count). The van der Waals surface area contributed by atoms with Gasteiger partial charge in [-0.15, -0.1) is 0 Å². The van der Waals surface area contributed by atoms with Gasteiger partial charge in [0.2, 0.25) is 0 Å². The van der Waals surface area contributed by atoms with Crippen molar-refractivity contribution in [2.75, 3.05) is 19.0 Å². The minimum absolute atomic E-state index is 0.987. The largest absolute Gasteiger partial charge is 0.378 e. The smallest absolute Gasteiger partial charge is 0.0738 e. The second-order valence-electron chi connectivity index (χ2n) is 6.21. The normalized spacial score (nSPS) is 11.3. The molecule has 0 N–H and O–H groups in total. The SMILES string of the molecule is Cc1cc(C)c2nc(C=Cc3ccc(N(C)C)cc3)ccc2c1. The topological polar surface area (TPSA) is 16.1 Å². The Kier molecular flexibility index (Phi) is 4.16. The van der Waals surface area contributed by atoms with E-state index in [0.29, 0.717) is 0 Å². The average Bonchev–Trinajstić information content (AvgIpc) is 2.53. The third-order valence-corrected chi connectivity index (χ3v) is 4.00. The number of nitrogens with zero attached hydrogens (tertiary/aromatic N) is 2. The van der Waals surface area contributed by atoms with Crippen LogP contribution in [0, 0.1) is 13.8 Å². The lowest BCUT2D eigenvalue weighted by molar-refractivity contribution is 1.13. The summed E-state index contributed by atoms with van der Waals surface area (Å²) in [7, 11) is 4.10. The first kappa shape index (κ1) is 15.3. The molecule has 0 fully saturated rings. The zero-order valence-electron chi connectivity index (χ0n) is 14.2. The molecule has 116 valence electrons. The van der Waals surface area contributed by atoms with Crippen molar-refractivity contribution in [3.8, 4) is 0 Å². The number of rotatable bonds is 3. The Morgan fingerprint density at radius 2 is 1.61 bits per heavy atom. The van der Waals surface area contributed by atoms with Gasteiger partial charge in [0.05, 0.1) is 11.2 Å². The third kappa shape index (κ3) is 3.42. The highest BCUT2D eigenvalue weighted by atomic mass is 15.1. The van der Waals surface area contributed by atoms with Crippen LogP contribution in [0.2, 0.25) is 0 Å². The second-order valence-corrected chi connectivity index (χ2v) is 6.21. The summed E-state index contributed by atoms with van der Waals surface area (Å²) < 4.78 is 0. The summed E-state index contributed by atoms with van der Waals surface area (Å²) in [6.07, 6.45) is 4.18. The maximum atomic E-state index is 4.78. The first-order valence-electron chi connectivity index (χ1n) is 7.86. The van der Waals surface area contributed by atoms with E-state index in [1.165, 1.54) is 27.8 Å². The predicted octanol–water partition coefficient (Wildman–Crippen LogP) is 5.09. The molecule has 1 aromatic heterocycles. The first-order chi connectivity index (χ1) is 11.0. The van der Waals surface area contributed by atoms with Gasteiger partial charge in [-0.05, 0) is 55.3 Å². The van der Waals surface area contributed by atoms with Gasteiger partial charge in [0.1, 0.15) is 0 Å². The number of fused-ring (bicyclic) bond motifs is 1. The van der Waals surface area contributed by atoms with Crippen molar-refractivity contribution >= 4 is 28.7 Å². The summed E-state index contributed by atoms with van der Waals surface area (Å²) in [5, 5.41) is 1.20. The van der Waals surface area contributed by atoms with Crippen LogP contribution < -0.4 is 4.90 Å². The fourth-order valence-electron chi connectivity index (χ4n) is 2.77. The van der Waals surface area contributed by atoms with Crippen LogP contribution in [0.3, 0.4) is 0 Å². The Hall–Kier alpha value is -2.61. The Morgan fingerprint density at radius 3 is 2.30 bits per heavy atom. The molecule has 0 saturated heterocycles. The van der Waals surface area contributed by atoms with E-state index >= 15 is 0 Å². The summed E-state index contributed by atoms with van der Waals surface area (Å²) in [5.41, 5.74) is 6.96. The molecule has 2 nitrogen and oxygen atoms in total. The van der Waals surface area contributed by atoms with Crippen molar-refractivity contribution in [1.82, 2.24) is 4.98 Å². The first-order valence-corrected chi connectivity index (χ1v) is 7.86. The molecule has 23 heavy (non-hydrogen) atoms. The monoisotopic (exact) mass is 302 g/mol. The molecule has 0 aliphatic rings. The standard InChI is InChI=1S/C21H22N2/c1-15-13-16(2)21-18(14-15)8-10-19(22-21)9-5-17-6-11-20(12-7-17)23(3)4/h5-14H,1-4H3. The highest BCUT2D eigenvalue weighted by molar-refractivity contribution is 5.84. The van der Waals surface area contributed by atoms with Crippen molar-refractivity contribution in [2.45, 2.75) is 13.8 Å². The summed E-state index contributed by atoms with van der Waals surface area (Å²) in [6.45, 7) is 4.24. The minimum atomic E-state index is 0.987. The molecule has 3 aromatic rings. The van der Waals surface area contributed by atoms with Gasteiger partial charge in [-0.1, -0.05) is 35.9 Å². The average molecular weight is 302 g/mol. The third-order valence-electron chi connectivity index (χ3n) is 4.00. The molecule has 0 bridgehead atoms. The van der Waals surface area contributed by atoms with Crippen molar-refractivity contribution in [3.63, 3.8) is 0 Å². The van der Waals surface area contributed by atoms with E-state index in [1.54, 1.807) is 0 Å². The molecule has 0 unspecified atom stereocenters. The molecule has 0 radical (unpaired) electrons. The quantitative estimate of drug-likeness (QED) is 0.670. The molecule has 1 heterocycles. The van der Waals surface area contributed by atoms with Gasteiger partial charge in [-0.2, -0.15) is 0 Å². The van der Waals surface area contributed by atoms with Crippen LogP contribution in [0.15, 0.2) is 48.5 Å². The highest BCUT2D eigenvalue weighted by Crippen LogP contribution is 2.20. The van der Waals surface area contributed by atoms with Crippen molar-refractivity contribution in [3.05, 3.63) is 70.9 Å². The molecular weight excluding hydrogens is 280 g/mol. The maximum Gasteiger partial charge on any atom is 0.0738 e. The van der Waals surface area contributed by atoms with E-state index < -0.39 is 0 Å². The number of hydrogen-bond donors (Lipinski definition) is 0. The number of benzene rings is 2. The fourth-order valence-corrected chi connectivity index (χ4v) is 2.77. The van der Waals surface area contributed by atoms with Crippen LogP contribution in [0.5, 0.6) is 0 Å². The fraction of sp³-hybridized carbons (Fsp3) is 0.190. The Balaban J connectivity index is 1.88. The number of hydrogen-bond acceptors (Lipinski definition) is 2. The van der Waals surface area contributed by atoms with E-state index in [4.69, 9.17) is 4.98 Å². The number of aryl methyl sites for hydroxylation is 2. The molecule has 0 atom stereocenters. The second kappa shape index (κ2) is 6.25. The van der Waals surface area contributed by atoms with Crippen molar-refractivity contribution in [2.24, 2.45) is 0 Å². The molecule has 0 saturated carbocycles. The molecule has 0 aliphatic carbocycles. The maximum absolute atomic E-state index is 4.78. The Labute approximate surface area is 138 Å². The van der Waals surface area contributed by atoms with Crippen LogP contribution in [-0.2, 0) is 0 Å². The zero-order valence-corrected chi connectivity index (χ0v) is 14.2. The van der Waals surface area contributed by atoms with E-state index in [1.807, 2.05) is 14.1 Å². The van der Waals surface area contributed by atoms with Gasteiger partial charge in [0.25, 0.3) is 0 Å². The molecule has 0 amide bonds. The minimum Gasteiger partial charge on any atom is -0.378 e. The van der Waals surface area contributed by atoms with Gasteiger partial charge in [0.15, 0.2) is 0 Å². The summed E-state index contributed by atoms with van der Waals surface area (Å²) in [5.74, 6) is 0. The Bertz CT molecular complexity index is 859. The number of pyridine rings is 1. The lowest BCUT2D eigenvalue weighted by Crippen LogP contribution is -2.07. The molecular formula is C21H22N2. The molecule has 0 spiro atoms. The van der Waals surface area contributed by atoms with Gasteiger partial charge >= 0.3 is 0 Å². The summed E-state index contributed by atoms with van der Waals surface area (Å²) in [6, 6.07) is 17.1. The van der Waals surface area contributed by atoms with Crippen LogP contribution in [-0.4, -0.2) is 19.1 Å². The Morgan fingerprint density at radius 1 is 0.870 bits per heavy atom. The zero-order chi connectivity index (χ0) is 16.4.